The molecule has 0 aliphatic heterocycles. The third-order valence-electron chi connectivity index (χ3n) is 3.80. The first kappa shape index (κ1) is 17.9. The van der Waals surface area contributed by atoms with Crippen LogP contribution < -0.4 is 9.47 Å². The van der Waals surface area contributed by atoms with Gasteiger partial charge in [-0.05, 0) is 29.8 Å². The molecule has 134 valence electrons. The van der Waals surface area contributed by atoms with Gasteiger partial charge in [-0.1, -0.05) is 30.3 Å². The molecule has 0 saturated carbocycles. The van der Waals surface area contributed by atoms with Crippen LogP contribution in [0.25, 0.3) is 0 Å². The molecular weight excluding hydrogens is 348 g/mol. The Labute approximate surface area is 156 Å². The maximum Gasteiger partial charge on any atom is 0.273 e. The summed E-state index contributed by atoms with van der Waals surface area (Å²) in [5, 5.41) is 2.54. The van der Waals surface area contributed by atoms with Crippen molar-refractivity contribution in [2.24, 2.45) is 0 Å². The maximum absolute atomic E-state index is 12.5. The van der Waals surface area contributed by atoms with Crippen LogP contribution in [0.4, 0.5) is 0 Å². The molecule has 0 N–H and O–H groups in total. The summed E-state index contributed by atoms with van der Waals surface area (Å²) in [6.45, 7) is 0.877. The number of aromatic nitrogens is 1. The lowest BCUT2D eigenvalue weighted by Gasteiger charge is -2.15. The number of nitrogens with zero attached hydrogens (tertiary/aromatic N) is 2. The molecule has 0 spiro atoms. The fourth-order valence-corrected chi connectivity index (χ4v) is 3.10. The first-order chi connectivity index (χ1) is 12.7. The van der Waals surface area contributed by atoms with Crippen molar-refractivity contribution in [2.45, 2.75) is 13.2 Å². The largest absolute Gasteiger partial charge is 0.497 e. The summed E-state index contributed by atoms with van der Waals surface area (Å²) in [5.41, 5.74) is 1.53. The van der Waals surface area contributed by atoms with Gasteiger partial charge in [-0.25, -0.2) is 4.98 Å². The summed E-state index contributed by atoms with van der Waals surface area (Å²) >= 11 is 1.42. The Balaban J connectivity index is 1.57. The molecule has 1 aromatic heterocycles. The molecule has 0 radical (unpaired) electrons. The zero-order valence-corrected chi connectivity index (χ0v) is 15.5. The van der Waals surface area contributed by atoms with Gasteiger partial charge in [0.25, 0.3) is 5.91 Å². The molecule has 3 rings (SSSR count). The molecule has 0 fully saturated rings. The Kier molecular flexibility index (Phi) is 5.86. The van der Waals surface area contributed by atoms with E-state index in [0.717, 1.165) is 22.1 Å². The molecule has 0 aliphatic rings. The molecule has 0 aliphatic carbocycles. The second-order valence-corrected chi connectivity index (χ2v) is 6.68. The van der Waals surface area contributed by atoms with Crippen molar-refractivity contribution >= 4 is 17.2 Å². The smallest absolute Gasteiger partial charge is 0.273 e. The van der Waals surface area contributed by atoms with E-state index in [1.807, 2.05) is 54.6 Å². The van der Waals surface area contributed by atoms with Gasteiger partial charge in [0.2, 0.25) is 0 Å². The molecule has 0 atom stereocenters. The Hall–Kier alpha value is -2.86. The predicted molar refractivity (Wildman–Crippen MR) is 102 cm³/mol. The number of benzene rings is 2. The van der Waals surface area contributed by atoms with E-state index in [2.05, 4.69) is 4.98 Å². The highest BCUT2D eigenvalue weighted by molar-refractivity contribution is 7.09. The Bertz CT molecular complexity index is 847. The van der Waals surface area contributed by atoms with E-state index in [4.69, 9.17) is 9.47 Å². The summed E-state index contributed by atoms with van der Waals surface area (Å²) in [4.78, 5) is 18.6. The SMILES string of the molecule is COc1ccc(OCc2nc(C(=O)N(C)Cc3ccccc3)cs2)cc1. The molecule has 0 unspecified atom stereocenters. The third kappa shape index (κ3) is 4.61. The number of ether oxygens (including phenoxy) is 2. The molecule has 26 heavy (non-hydrogen) atoms. The molecule has 2 aromatic carbocycles. The van der Waals surface area contributed by atoms with E-state index in [-0.39, 0.29) is 5.91 Å². The van der Waals surface area contributed by atoms with Gasteiger partial charge in [-0.3, -0.25) is 4.79 Å². The molecule has 0 saturated heterocycles. The molecule has 5 nitrogen and oxygen atoms in total. The van der Waals surface area contributed by atoms with Gasteiger partial charge in [-0.15, -0.1) is 11.3 Å². The molecule has 1 heterocycles. The summed E-state index contributed by atoms with van der Waals surface area (Å²) in [6, 6.07) is 17.2. The maximum atomic E-state index is 12.5. The van der Waals surface area contributed by atoms with Crippen molar-refractivity contribution in [1.29, 1.82) is 0 Å². The summed E-state index contributed by atoms with van der Waals surface area (Å²) in [7, 11) is 3.40. The van der Waals surface area contributed by atoms with E-state index in [1.54, 1.807) is 24.4 Å². The van der Waals surface area contributed by atoms with E-state index < -0.39 is 0 Å². The highest BCUT2D eigenvalue weighted by Gasteiger charge is 2.16. The van der Waals surface area contributed by atoms with E-state index in [9.17, 15) is 4.79 Å². The predicted octanol–water partition coefficient (Wildman–Crippen LogP) is 4.00. The minimum absolute atomic E-state index is 0.0965. The van der Waals surface area contributed by atoms with Gasteiger partial charge in [0, 0.05) is 19.0 Å². The lowest BCUT2D eigenvalue weighted by Crippen LogP contribution is -2.26. The summed E-state index contributed by atoms with van der Waals surface area (Å²) < 4.78 is 10.8. The van der Waals surface area contributed by atoms with Crippen LogP contribution in [0.15, 0.2) is 60.0 Å². The fourth-order valence-electron chi connectivity index (χ4n) is 2.42. The zero-order chi connectivity index (χ0) is 18.4. The first-order valence-corrected chi connectivity index (χ1v) is 9.04. The van der Waals surface area contributed by atoms with Gasteiger partial charge in [0.05, 0.1) is 7.11 Å². The highest BCUT2D eigenvalue weighted by atomic mass is 32.1. The zero-order valence-electron chi connectivity index (χ0n) is 14.7. The fraction of sp³-hybridized carbons (Fsp3) is 0.200. The van der Waals surface area contributed by atoms with Crippen molar-refractivity contribution < 1.29 is 14.3 Å². The van der Waals surface area contributed by atoms with Crippen LogP contribution in [-0.2, 0) is 13.2 Å². The standard InChI is InChI=1S/C20H20N2O3S/c1-22(12-15-6-4-3-5-7-15)20(23)18-14-26-19(21-18)13-25-17-10-8-16(24-2)9-11-17/h3-11,14H,12-13H2,1-2H3. The first-order valence-electron chi connectivity index (χ1n) is 8.16. The van der Waals surface area contributed by atoms with Crippen molar-refractivity contribution in [3.05, 3.63) is 76.2 Å². The van der Waals surface area contributed by atoms with Crippen LogP contribution in [0.5, 0.6) is 11.5 Å². The monoisotopic (exact) mass is 368 g/mol. The average Bonchev–Trinajstić information content (AvgIpc) is 3.16. The normalized spacial score (nSPS) is 10.4. The van der Waals surface area contributed by atoms with Crippen molar-refractivity contribution in [1.82, 2.24) is 9.88 Å². The minimum atomic E-state index is -0.0965. The van der Waals surface area contributed by atoms with Crippen molar-refractivity contribution in [3.63, 3.8) is 0 Å². The molecule has 6 heteroatoms. The number of carbonyl (C=O) groups is 1. The van der Waals surface area contributed by atoms with Crippen LogP contribution in [0.3, 0.4) is 0 Å². The number of methoxy groups -OCH3 is 1. The van der Waals surface area contributed by atoms with Crippen LogP contribution in [0, 0.1) is 0 Å². The van der Waals surface area contributed by atoms with E-state index in [1.165, 1.54) is 11.3 Å². The number of carbonyl (C=O) groups excluding carboxylic acids is 1. The lowest BCUT2D eigenvalue weighted by atomic mass is 10.2. The van der Waals surface area contributed by atoms with Crippen LogP contribution in [0.1, 0.15) is 21.1 Å². The second-order valence-electron chi connectivity index (χ2n) is 5.74. The third-order valence-corrected chi connectivity index (χ3v) is 4.62. The molecule has 0 bridgehead atoms. The van der Waals surface area contributed by atoms with Gasteiger partial charge in [-0.2, -0.15) is 0 Å². The van der Waals surface area contributed by atoms with Gasteiger partial charge >= 0.3 is 0 Å². The minimum Gasteiger partial charge on any atom is -0.497 e. The quantitative estimate of drug-likeness (QED) is 0.632. The van der Waals surface area contributed by atoms with Gasteiger partial charge in [0.15, 0.2) is 0 Å². The van der Waals surface area contributed by atoms with Crippen molar-refractivity contribution in [2.75, 3.05) is 14.2 Å². The summed E-state index contributed by atoms with van der Waals surface area (Å²) in [5.74, 6) is 1.41. The van der Waals surface area contributed by atoms with Gasteiger partial charge < -0.3 is 14.4 Å². The van der Waals surface area contributed by atoms with Crippen molar-refractivity contribution in [3.8, 4) is 11.5 Å². The molecule has 1 amide bonds. The number of thiazole rings is 1. The average molecular weight is 368 g/mol. The van der Waals surface area contributed by atoms with Crippen LogP contribution in [-0.4, -0.2) is 29.9 Å². The number of hydrogen-bond acceptors (Lipinski definition) is 5. The number of amides is 1. The lowest BCUT2D eigenvalue weighted by molar-refractivity contribution is 0.0779. The van der Waals surface area contributed by atoms with Crippen LogP contribution >= 0.6 is 11.3 Å². The number of hydrogen-bond donors (Lipinski definition) is 0. The Morgan fingerprint density at radius 1 is 1.08 bits per heavy atom. The molecule has 3 aromatic rings. The number of rotatable bonds is 7. The highest BCUT2D eigenvalue weighted by Crippen LogP contribution is 2.19. The second kappa shape index (κ2) is 8.49. The summed E-state index contributed by atoms with van der Waals surface area (Å²) in [6.07, 6.45) is 0. The van der Waals surface area contributed by atoms with Crippen LogP contribution in [0.2, 0.25) is 0 Å². The molecular formula is C20H20N2O3S. The topological polar surface area (TPSA) is 51.7 Å². The van der Waals surface area contributed by atoms with E-state index in [0.29, 0.717) is 18.8 Å². The Morgan fingerprint density at radius 2 is 1.77 bits per heavy atom. The van der Waals surface area contributed by atoms with E-state index >= 15 is 0 Å². The Morgan fingerprint density at radius 3 is 2.46 bits per heavy atom. The van der Waals surface area contributed by atoms with Gasteiger partial charge in [0.1, 0.15) is 28.8 Å².